The summed E-state index contributed by atoms with van der Waals surface area (Å²) in [6.45, 7) is 1.07. The summed E-state index contributed by atoms with van der Waals surface area (Å²) in [6.07, 6.45) is 4.51. The number of H-pyrrole nitrogens is 1. The molecule has 0 aliphatic carbocycles. The van der Waals surface area contributed by atoms with Gasteiger partial charge in [-0.15, -0.1) is 0 Å². The summed E-state index contributed by atoms with van der Waals surface area (Å²) in [5.41, 5.74) is 0.824. The number of benzene rings is 2. The van der Waals surface area contributed by atoms with E-state index in [1.54, 1.807) is 30.6 Å². The smallest absolute Gasteiger partial charge is 0.272 e. The number of aromatic amines is 1. The van der Waals surface area contributed by atoms with Crippen molar-refractivity contribution in [2.45, 2.75) is 6.42 Å². The molecule has 0 radical (unpaired) electrons. The highest BCUT2D eigenvalue weighted by molar-refractivity contribution is 7.77. The molecule has 2 aromatic heterocycles. The first kappa shape index (κ1) is 21.6. The highest BCUT2D eigenvalue weighted by Crippen LogP contribution is 2.55. The van der Waals surface area contributed by atoms with Crippen LogP contribution >= 0.6 is 7.49 Å². The van der Waals surface area contributed by atoms with E-state index in [-0.39, 0.29) is 5.39 Å². The fourth-order valence-electron chi connectivity index (χ4n) is 4.20. The fraction of sp³-hybridized carbons (Fsp3) is 0.217. The van der Waals surface area contributed by atoms with Crippen molar-refractivity contribution in [1.82, 2.24) is 20.2 Å². The Kier molecular flexibility index (Phi) is 5.60. The summed E-state index contributed by atoms with van der Waals surface area (Å²) in [5, 5.41) is 7.62. The number of rotatable bonds is 4. The van der Waals surface area contributed by atoms with Gasteiger partial charge in [0.15, 0.2) is 18.6 Å². The molecule has 5 rings (SSSR count). The van der Waals surface area contributed by atoms with Crippen LogP contribution < -0.4 is 15.8 Å². The number of hydrogen-bond donors (Lipinski definition) is 2. The van der Waals surface area contributed by atoms with Crippen LogP contribution in [0.15, 0.2) is 59.7 Å². The molecule has 2 aromatic carbocycles. The Balaban J connectivity index is 1.42. The van der Waals surface area contributed by atoms with Crippen molar-refractivity contribution < 1.29 is 13.7 Å². The van der Waals surface area contributed by atoms with Gasteiger partial charge < -0.3 is 4.90 Å². The Labute approximate surface area is 188 Å². The number of halogens is 2. The first-order valence-corrected chi connectivity index (χ1v) is 12.6. The third-order valence-electron chi connectivity index (χ3n) is 5.97. The van der Waals surface area contributed by atoms with Crippen LogP contribution in [0.4, 0.5) is 14.7 Å². The number of nitrogens with zero attached hydrogens (tertiary/aromatic N) is 4. The van der Waals surface area contributed by atoms with E-state index in [9.17, 15) is 18.5 Å². The highest BCUT2D eigenvalue weighted by atomic mass is 31.2. The lowest BCUT2D eigenvalue weighted by molar-refractivity contribution is 0.585. The normalized spacial score (nSPS) is 15.7. The Morgan fingerprint density at radius 3 is 2.55 bits per heavy atom. The van der Waals surface area contributed by atoms with Crippen molar-refractivity contribution in [2.75, 3.05) is 30.3 Å². The lowest BCUT2D eigenvalue weighted by atomic mass is 10.0. The number of nitrogens with one attached hydrogen (secondary N) is 1. The van der Waals surface area contributed by atoms with Gasteiger partial charge in [-0.1, -0.05) is 6.07 Å². The summed E-state index contributed by atoms with van der Waals surface area (Å²) in [4.78, 5) is 34.0. The largest absolute Gasteiger partial charge is 0.333 e. The van der Waals surface area contributed by atoms with Gasteiger partial charge in [0, 0.05) is 24.2 Å². The molecule has 7 nitrogen and oxygen atoms in total. The van der Waals surface area contributed by atoms with Gasteiger partial charge in [0.25, 0.3) is 5.56 Å². The van der Waals surface area contributed by atoms with Crippen LogP contribution in [0.25, 0.3) is 10.8 Å². The molecule has 0 amide bonds. The van der Waals surface area contributed by atoms with Crippen molar-refractivity contribution in [3.63, 3.8) is 0 Å². The van der Waals surface area contributed by atoms with E-state index in [0.717, 1.165) is 5.56 Å². The van der Waals surface area contributed by atoms with E-state index in [0.29, 0.717) is 54.2 Å². The molecule has 0 spiro atoms. The van der Waals surface area contributed by atoms with E-state index < -0.39 is 24.7 Å². The lowest BCUT2D eigenvalue weighted by Crippen LogP contribution is -2.40. The third kappa shape index (κ3) is 4.21. The summed E-state index contributed by atoms with van der Waals surface area (Å²) >= 11 is 0. The first-order valence-electron chi connectivity index (χ1n) is 10.5. The van der Waals surface area contributed by atoms with Crippen molar-refractivity contribution in [3.05, 3.63) is 88.1 Å². The van der Waals surface area contributed by atoms with Crippen LogP contribution in [0.3, 0.4) is 0 Å². The molecule has 1 aliphatic heterocycles. The monoisotopic (exact) mass is 468 g/mol. The quantitative estimate of drug-likeness (QED) is 0.448. The van der Waals surface area contributed by atoms with E-state index in [2.05, 4.69) is 20.2 Å². The maximum atomic E-state index is 14.8. The maximum Gasteiger partial charge on any atom is 0.272 e. The van der Waals surface area contributed by atoms with Crippen LogP contribution in [0, 0.1) is 11.6 Å². The number of anilines is 1. The van der Waals surface area contributed by atoms with Gasteiger partial charge >= 0.3 is 0 Å². The number of aromatic nitrogens is 4. The van der Waals surface area contributed by atoms with E-state index in [1.165, 1.54) is 24.3 Å². The standard InChI is InChI=1S/C23H20F2N5O2P/c24-16-3-4-17-18(14-16)22(31)29-28-20(17)12-15-2-5-19(25)21(13-15)33(32)10-8-30(9-11-33)23-26-6-1-7-27-23/h1-7,13-14,32H,8-12H2/p+1. The zero-order valence-corrected chi connectivity index (χ0v) is 18.5. The predicted octanol–water partition coefficient (Wildman–Crippen LogP) is 2.65. The summed E-state index contributed by atoms with van der Waals surface area (Å²) in [5.74, 6) is -0.334. The molecule has 0 unspecified atom stereocenters. The van der Waals surface area contributed by atoms with Gasteiger partial charge in [-0.25, -0.2) is 28.7 Å². The van der Waals surface area contributed by atoms with E-state index in [1.807, 2.05) is 4.90 Å². The molecule has 1 fully saturated rings. The average Bonchev–Trinajstić information content (AvgIpc) is 2.83. The summed E-state index contributed by atoms with van der Waals surface area (Å²) in [6, 6.07) is 10.4. The van der Waals surface area contributed by atoms with Gasteiger partial charge in [0.1, 0.15) is 18.1 Å². The molecule has 3 heterocycles. The maximum absolute atomic E-state index is 14.8. The van der Waals surface area contributed by atoms with Gasteiger partial charge in [0.05, 0.1) is 24.2 Å². The minimum Gasteiger partial charge on any atom is -0.333 e. The average molecular weight is 468 g/mol. The molecule has 4 aromatic rings. The molecule has 2 N–H and O–H groups in total. The molecular weight excluding hydrogens is 447 g/mol. The van der Waals surface area contributed by atoms with Crippen molar-refractivity contribution in [1.29, 1.82) is 0 Å². The van der Waals surface area contributed by atoms with Crippen LogP contribution in [0.5, 0.6) is 0 Å². The Morgan fingerprint density at radius 2 is 1.79 bits per heavy atom. The zero-order valence-electron chi connectivity index (χ0n) is 17.6. The number of hydrogen-bond acceptors (Lipinski definition) is 6. The van der Waals surface area contributed by atoms with Crippen LogP contribution in [0.2, 0.25) is 0 Å². The second kappa shape index (κ2) is 8.57. The molecule has 0 atom stereocenters. The lowest BCUT2D eigenvalue weighted by Gasteiger charge is -2.32. The van der Waals surface area contributed by atoms with Gasteiger partial charge in [0.2, 0.25) is 5.95 Å². The first-order chi connectivity index (χ1) is 15.9. The molecule has 168 valence electrons. The van der Waals surface area contributed by atoms with Crippen LogP contribution in [-0.2, 0) is 6.42 Å². The van der Waals surface area contributed by atoms with Crippen LogP contribution in [0.1, 0.15) is 11.3 Å². The second-order valence-corrected chi connectivity index (χ2v) is 11.3. The Bertz CT molecular complexity index is 1370. The zero-order chi connectivity index (χ0) is 23.0. The van der Waals surface area contributed by atoms with Crippen molar-refractivity contribution >= 4 is 29.5 Å². The molecule has 1 saturated heterocycles. The summed E-state index contributed by atoms with van der Waals surface area (Å²) in [7, 11) is -2.71. The molecule has 33 heavy (non-hydrogen) atoms. The topological polar surface area (TPSA) is 95.0 Å². The highest BCUT2D eigenvalue weighted by Gasteiger charge is 2.45. The van der Waals surface area contributed by atoms with Gasteiger partial charge in [-0.05, 0) is 42.0 Å². The SMILES string of the molecule is O=c1[nH]nc(Cc2ccc(F)c([P+]3(O)CCN(c4ncccn4)CC3)c2)c2ccc(F)cc12. The molecule has 10 heteroatoms. The van der Waals surface area contributed by atoms with Crippen LogP contribution in [-0.4, -0.2) is 50.5 Å². The summed E-state index contributed by atoms with van der Waals surface area (Å²) < 4.78 is 28.4. The minimum atomic E-state index is -2.71. The van der Waals surface area contributed by atoms with Crippen molar-refractivity contribution in [2.24, 2.45) is 0 Å². The van der Waals surface area contributed by atoms with E-state index in [4.69, 9.17) is 0 Å². The molecule has 0 saturated carbocycles. The van der Waals surface area contributed by atoms with Gasteiger partial charge in [-0.3, -0.25) is 4.79 Å². The number of fused-ring (bicyclic) bond motifs is 1. The fourth-order valence-corrected chi connectivity index (χ4v) is 6.93. The van der Waals surface area contributed by atoms with Crippen molar-refractivity contribution in [3.8, 4) is 0 Å². The minimum absolute atomic E-state index is 0.212. The third-order valence-corrected chi connectivity index (χ3v) is 9.09. The predicted molar refractivity (Wildman–Crippen MR) is 124 cm³/mol. The Hall–Kier alpha value is -3.29. The van der Waals surface area contributed by atoms with Gasteiger partial charge in [-0.2, -0.15) is 5.10 Å². The Morgan fingerprint density at radius 1 is 1.03 bits per heavy atom. The molecule has 1 aliphatic rings. The van der Waals surface area contributed by atoms with E-state index >= 15 is 0 Å². The molecule has 0 bridgehead atoms. The second-order valence-electron chi connectivity index (χ2n) is 8.06. The molecular formula is C23H21F2N5O2P+.